The molecule has 3 atom stereocenters. The van der Waals surface area contributed by atoms with Gasteiger partial charge in [-0.05, 0) is 41.3 Å². The van der Waals surface area contributed by atoms with Gasteiger partial charge in [-0.25, -0.2) is 0 Å². The largest absolute Gasteiger partial charge is 0.352 e. The summed E-state index contributed by atoms with van der Waals surface area (Å²) in [6.07, 6.45) is 1.95. The topological polar surface area (TPSA) is 58.2 Å². The smallest absolute Gasteiger partial charge is 0.237 e. The summed E-state index contributed by atoms with van der Waals surface area (Å²) in [6.45, 7) is 4.21. The molecule has 2 aromatic rings. The first kappa shape index (κ1) is 20.2. The number of piperidine rings is 1. The van der Waals surface area contributed by atoms with Gasteiger partial charge >= 0.3 is 0 Å². The normalized spacial score (nSPS) is 25.8. The van der Waals surface area contributed by atoms with Crippen molar-refractivity contribution < 1.29 is 9.59 Å². The Kier molecular flexibility index (Phi) is 5.34. The number of anilines is 1. The van der Waals surface area contributed by atoms with E-state index in [0.29, 0.717) is 10.0 Å². The number of benzene rings is 2. The van der Waals surface area contributed by atoms with Crippen molar-refractivity contribution in [1.82, 2.24) is 5.32 Å². The van der Waals surface area contributed by atoms with Crippen LogP contribution in [0.15, 0.2) is 42.5 Å². The van der Waals surface area contributed by atoms with Crippen LogP contribution in [-0.4, -0.2) is 17.9 Å². The molecule has 1 saturated heterocycles. The number of nitrogens with one attached hydrogen (secondary N) is 2. The van der Waals surface area contributed by atoms with E-state index >= 15 is 0 Å². The van der Waals surface area contributed by atoms with Gasteiger partial charge < -0.3 is 10.6 Å². The lowest BCUT2D eigenvalue weighted by molar-refractivity contribution is -0.132. The quantitative estimate of drug-likeness (QED) is 0.691. The molecule has 4 rings (SSSR count). The van der Waals surface area contributed by atoms with Gasteiger partial charge in [0.2, 0.25) is 11.8 Å². The minimum Gasteiger partial charge on any atom is -0.352 e. The van der Waals surface area contributed by atoms with Crippen molar-refractivity contribution in [1.29, 1.82) is 0 Å². The molecule has 0 radical (unpaired) electrons. The number of carbonyl (C=O) groups excluding carboxylic acids is 2. The molecule has 29 heavy (non-hydrogen) atoms. The highest BCUT2D eigenvalue weighted by molar-refractivity contribution is 6.31. The molecular formula is C23H24Cl2N2O2. The Hall–Kier alpha value is -2.04. The standard InChI is InChI=1S/C23H24Cl2N2O2/c1-3-13(4-2)21-23(17-9-8-16(25)11-19(17)26-22(23)29)18(12-20(28)27-21)14-6-5-7-15(24)10-14/h5-11,13,18,21H,3-4,12H2,1-2H3,(H,26,29)(H,27,28). The first-order valence-electron chi connectivity index (χ1n) is 10.1. The molecule has 1 fully saturated rings. The summed E-state index contributed by atoms with van der Waals surface area (Å²) < 4.78 is 0. The molecule has 152 valence electrons. The van der Waals surface area contributed by atoms with Crippen LogP contribution in [0.3, 0.4) is 0 Å². The Morgan fingerprint density at radius 1 is 1.07 bits per heavy atom. The molecular weight excluding hydrogens is 407 g/mol. The SMILES string of the molecule is CCC(CC)C1NC(=O)CC(c2cccc(Cl)c2)C12C(=O)Nc1cc(Cl)ccc12. The monoisotopic (exact) mass is 430 g/mol. The number of rotatable bonds is 4. The molecule has 0 saturated carbocycles. The average Bonchev–Trinajstić information content (AvgIpc) is 2.96. The molecule has 4 nitrogen and oxygen atoms in total. The predicted octanol–water partition coefficient (Wildman–Crippen LogP) is 5.29. The zero-order valence-electron chi connectivity index (χ0n) is 16.5. The average molecular weight is 431 g/mol. The second-order valence-corrected chi connectivity index (χ2v) is 8.82. The van der Waals surface area contributed by atoms with Crippen molar-refractivity contribution in [3.8, 4) is 0 Å². The van der Waals surface area contributed by atoms with E-state index in [2.05, 4.69) is 24.5 Å². The lowest BCUT2D eigenvalue weighted by Crippen LogP contribution is -2.64. The van der Waals surface area contributed by atoms with E-state index in [1.165, 1.54) is 0 Å². The fourth-order valence-electron chi connectivity index (χ4n) is 5.25. The minimum absolute atomic E-state index is 0.0345. The second kappa shape index (κ2) is 7.66. The molecule has 2 amide bonds. The van der Waals surface area contributed by atoms with Crippen LogP contribution in [0.25, 0.3) is 0 Å². The molecule has 2 N–H and O–H groups in total. The molecule has 6 heteroatoms. The van der Waals surface area contributed by atoms with Crippen molar-refractivity contribution in [3.05, 3.63) is 63.6 Å². The highest BCUT2D eigenvalue weighted by Gasteiger charge is 2.61. The molecule has 0 aromatic heterocycles. The van der Waals surface area contributed by atoms with Crippen LogP contribution in [0.4, 0.5) is 5.69 Å². The fourth-order valence-corrected chi connectivity index (χ4v) is 5.62. The molecule has 0 bridgehead atoms. The molecule has 0 aliphatic carbocycles. The van der Waals surface area contributed by atoms with E-state index in [1.54, 1.807) is 12.1 Å². The zero-order chi connectivity index (χ0) is 20.8. The van der Waals surface area contributed by atoms with E-state index in [-0.39, 0.29) is 36.1 Å². The van der Waals surface area contributed by atoms with Gasteiger partial charge in [0.15, 0.2) is 0 Å². The number of amides is 2. The Bertz CT molecular complexity index is 973. The van der Waals surface area contributed by atoms with Crippen molar-refractivity contribution in [2.24, 2.45) is 5.92 Å². The molecule has 2 heterocycles. The first-order chi connectivity index (χ1) is 13.9. The maximum atomic E-state index is 13.7. The lowest BCUT2D eigenvalue weighted by Gasteiger charge is -2.49. The van der Waals surface area contributed by atoms with Crippen molar-refractivity contribution in [2.75, 3.05) is 5.32 Å². The van der Waals surface area contributed by atoms with E-state index in [1.807, 2.05) is 30.3 Å². The van der Waals surface area contributed by atoms with Crippen LogP contribution < -0.4 is 10.6 Å². The van der Waals surface area contributed by atoms with Gasteiger partial charge in [-0.3, -0.25) is 9.59 Å². The van der Waals surface area contributed by atoms with Gasteiger partial charge in [-0.2, -0.15) is 0 Å². The van der Waals surface area contributed by atoms with Gasteiger partial charge in [-0.15, -0.1) is 0 Å². The van der Waals surface area contributed by atoms with E-state index in [0.717, 1.165) is 29.7 Å². The minimum atomic E-state index is -0.908. The molecule has 3 unspecified atom stereocenters. The number of carbonyl (C=O) groups is 2. The Morgan fingerprint density at radius 3 is 2.48 bits per heavy atom. The van der Waals surface area contributed by atoms with Crippen LogP contribution in [-0.2, 0) is 15.0 Å². The van der Waals surface area contributed by atoms with Crippen molar-refractivity contribution in [3.63, 3.8) is 0 Å². The summed E-state index contributed by atoms with van der Waals surface area (Å²) in [5.74, 6) is -0.277. The number of halogens is 2. The van der Waals surface area contributed by atoms with Crippen LogP contribution in [0.1, 0.15) is 50.2 Å². The Balaban J connectivity index is 2.00. The van der Waals surface area contributed by atoms with Crippen LogP contribution in [0.5, 0.6) is 0 Å². The van der Waals surface area contributed by atoms with Crippen LogP contribution in [0.2, 0.25) is 10.0 Å². The van der Waals surface area contributed by atoms with Gasteiger partial charge in [0.1, 0.15) is 5.41 Å². The lowest BCUT2D eigenvalue weighted by atomic mass is 9.57. The fraction of sp³-hybridized carbons (Fsp3) is 0.391. The third-order valence-electron chi connectivity index (χ3n) is 6.57. The van der Waals surface area contributed by atoms with E-state index < -0.39 is 5.41 Å². The molecule has 1 spiro atoms. The summed E-state index contributed by atoms with van der Waals surface area (Å²) in [6, 6.07) is 12.7. The van der Waals surface area contributed by atoms with Gasteiger partial charge in [0.25, 0.3) is 0 Å². The Morgan fingerprint density at radius 2 is 1.79 bits per heavy atom. The third kappa shape index (κ3) is 3.13. The highest BCUT2D eigenvalue weighted by atomic mass is 35.5. The Labute approximate surface area is 181 Å². The van der Waals surface area contributed by atoms with E-state index in [4.69, 9.17) is 23.2 Å². The highest BCUT2D eigenvalue weighted by Crippen LogP contribution is 2.55. The number of fused-ring (bicyclic) bond motifs is 2. The second-order valence-electron chi connectivity index (χ2n) is 7.95. The summed E-state index contributed by atoms with van der Waals surface area (Å²) in [7, 11) is 0. The molecule has 2 aliphatic rings. The summed E-state index contributed by atoms with van der Waals surface area (Å²) in [5.41, 5.74) is 1.62. The third-order valence-corrected chi connectivity index (χ3v) is 7.04. The number of hydrogen-bond donors (Lipinski definition) is 2. The van der Waals surface area contributed by atoms with Gasteiger partial charge in [0, 0.05) is 28.1 Å². The summed E-state index contributed by atoms with van der Waals surface area (Å²) in [4.78, 5) is 26.5. The zero-order valence-corrected chi connectivity index (χ0v) is 18.0. The van der Waals surface area contributed by atoms with Crippen molar-refractivity contribution in [2.45, 2.75) is 50.5 Å². The maximum Gasteiger partial charge on any atom is 0.237 e. The molecule has 2 aliphatic heterocycles. The van der Waals surface area contributed by atoms with Gasteiger partial charge in [-0.1, -0.05) is 68.1 Å². The number of hydrogen-bond acceptors (Lipinski definition) is 2. The predicted molar refractivity (Wildman–Crippen MR) is 117 cm³/mol. The molecule has 2 aromatic carbocycles. The van der Waals surface area contributed by atoms with Crippen LogP contribution in [0, 0.1) is 5.92 Å². The van der Waals surface area contributed by atoms with Crippen molar-refractivity contribution >= 4 is 40.7 Å². The summed E-state index contributed by atoms with van der Waals surface area (Å²) in [5, 5.41) is 7.40. The first-order valence-corrected chi connectivity index (χ1v) is 10.8. The summed E-state index contributed by atoms with van der Waals surface area (Å²) >= 11 is 12.5. The van der Waals surface area contributed by atoms with E-state index in [9.17, 15) is 9.59 Å². The van der Waals surface area contributed by atoms with Crippen LogP contribution >= 0.6 is 23.2 Å². The maximum absolute atomic E-state index is 13.7. The van der Waals surface area contributed by atoms with Gasteiger partial charge in [0.05, 0.1) is 6.04 Å².